The third-order valence-electron chi connectivity index (χ3n) is 1.02. The lowest BCUT2D eigenvalue weighted by Gasteiger charge is -2.08. The molecule has 5 heteroatoms. The van der Waals surface area contributed by atoms with Crippen molar-refractivity contribution in [2.45, 2.75) is 0 Å². The second-order valence-corrected chi connectivity index (χ2v) is 2.16. The molecule has 1 heterocycles. The highest BCUT2D eigenvalue weighted by Gasteiger charge is 2.04. The zero-order valence-corrected chi connectivity index (χ0v) is 6.39. The topological polar surface area (TPSA) is 47.4 Å². The Hall–Kier alpha value is -1.52. The van der Waals surface area contributed by atoms with Crippen LogP contribution in [0.1, 0.15) is 0 Å². The molecular weight excluding hydrogens is 146 g/mol. The van der Waals surface area contributed by atoms with Gasteiger partial charge in [0.25, 0.3) is 0 Å². The molecule has 0 atom stereocenters. The van der Waals surface area contributed by atoms with E-state index in [1.807, 2.05) is 0 Å². The van der Waals surface area contributed by atoms with Crippen molar-refractivity contribution >= 4 is 6.09 Å². The molecule has 1 amide bonds. The van der Waals surface area contributed by atoms with E-state index >= 15 is 0 Å². The molecule has 0 fully saturated rings. The molecule has 0 aromatic carbocycles. The van der Waals surface area contributed by atoms with Crippen LogP contribution in [-0.4, -0.2) is 35.0 Å². The summed E-state index contributed by atoms with van der Waals surface area (Å²) in [5, 5.41) is 3.69. The highest BCUT2D eigenvalue weighted by Crippen LogP contribution is 1.83. The van der Waals surface area contributed by atoms with Crippen LogP contribution in [0.3, 0.4) is 0 Å². The standard InChI is InChI=1S/C6H9N3O2/c1-8(2)6(10)11-9-5-3-4-7-9/h3-5H,1-2H3. The van der Waals surface area contributed by atoms with Gasteiger partial charge >= 0.3 is 6.09 Å². The van der Waals surface area contributed by atoms with Gasteiger partial charge in [0.1, 0.15) is 0 Å². The first-order chi connectivity index (χ1) is 5.20. The minimum atomic E-state index is -0.450. The molecule has 0 saturated carbocycles. The van der Waals surface area contributed by atoms with Crippen LogP contribution in [0.15, 0.2) is 18.5 Å². The first kappa shape index (κ1) is 7.59. The van der Waals surface area contributed by atoms with Crippen molar-refractivity contribution in [3.05, 3.63) is 18.5 Å². The number of carbonyl (C=O) groups excluding carboxylic acids is 1. The molecule has 0 bridgehead atoms. The maximum absolute atomic E-state index is 10.9. The molecule has 0 unspecified atom stereocenters. The number of hydrogen-bond acceptors (Lipinski definition) is 3. The Bertz CT molecular complexity index is 230. The molecule has 0 aliphatic rings. The Kier molecular flexibility index (Phi) is 2.10. The number of nitrogens with zero attached hydrogens (tertiary/aromatic N) is 3. The number of rotatable bonds is 1. The molecule has 60 valence electrons. The molecule has 5 nitrogen and oxygen atoms in total. The van der Waals surface area contributed by atoms with Crippen LogP contribution in [0.25, 0.3) is 0 Å². The Balaban J connectivity index is 2.50. The summed E-state index contributed by atoms with van der Waals surface area (Å²) >= 11 is 0. The minimum absolute atomic E-state index is 0.450. The predicted molar refractivity (Wildman–Crippen MR) is 37.9 cm³/mol. The van der Waals surface area contributed by atoms with E-state index < -0.39 is 6.09 Å². The molecule has 0 radical (unpaired) electrons. The fourth-order valence-corrected chi connectivity index (χ4v) is 0.470. The van der Waals surface area contributed by atoms with Crippen molar-refractivity contribution in [2.75, 3.05) is 14.1 Å². The molecular formula is C6H9N3O2. The lowest BCUT2D eigenvalue weighted by molar-refractivity contribution is 0.0918. The van der Waals surface area contributed by atoms with Crippen molar-refractivity contribution in [1.29, 1.82) is 0 Å². The average Bonchev–Trinajstić information content (AvgIpc) is 2.39. The Labute approximate surface area is 64.1 Å². The maximum atomic E-state index is 10.9. The van der Waals surface area contributed by atoms with Crippen LogP contribution in [-0.2, 0) is 0 Å². The van der Waals surface area contributed by atoms with Gasteiger partial charge in [0, 0.05) is 14.1 Å². The average molecular weight is 155 g/mol. The summed E-state index contributed by atoms with van der Waals surface area (Å²) in [5.74, 6) is 0. The third kappa shape index (κ3) is 1.96. The van der Waals surface area contributed by atoms with E-state index in [9.17, 15) is 4.79 Å². The lowest BCUT2D eigenvalue weighted by atomic mass is 10.8. The number of amides is 1. The van der Waals surface area contributed by atoms with Crippen LogP contribution in [0.2, 0.25) is 0 Å². The first-order valence-electron chi connectivity index (χ1n) is 3.09. The molecule has 1 aromatic rings. The summed E-state index contributed by atoms with van der Waals surface area (Å²) < 4.78 is 0. The largest absolute Gasteiger partial charge is 0.435 e. The third-order valence-corrected chi connectivity index (χ3v) is 1.02. The number of carbonyl (C=O) groups is 1. The summed E-state index contributed by atoms with van der Waals surface area (Å²) in [6, 6.07) is 1.67. The zero-order chi connectivity index (χ0) is 8.27. The normalized spacial score (nSPS) is 9.27. The summed E-state index contributed by atoms with van der Waals surface area (Å²) in [4.78, 5) is 18.0. The number of aromatic nitrogens is 2. The van der Waals surface area contributed by atoms with E-state index in [0.29, 0.717) is 0 Å². The van der Waals surface area contributed by atoms with Gasteiger partial charge in [-0.2, -0.15) is 0 Å². The van der Waals surface area contributed by atoms with Gasteiger partial charge in [-0.1, -0.05) is 4.85 Å². The van der Waals surface area contributed by atoms with Crippen molar-refractivity contribution in [1.82, 2.24) is 14.8 Å². The fraction of sp³-hybridized carbons (Fsp3) is 0.333. The highest BCUT2D eigenvalue weighted by atomic mass is 16.7. The molecule has 0 spiro atoms. The van der Waals surface area contributed by atoms with E-state index in [1.165, 1.54) is 11.1 Å². The van der Waals surface area contributed by atoms with Gasteiger partial charge in [-0.3, -0.25) is 4.84 Å². The zero-order valence-electron chi connectivity index (χ0n) is 6.39. The monoisotopic (exact) mass is 155 g/mol. The maximum Gasteiger partial charge on any atom is 0.435 e. The SMILES string of the molecule is CN(C)C(=O)On1cccn1. The predicted octanol–water partition coefficient (Wildman–Crippen LogP) is -0.00670. The van der Waals surface area contributed by atoms with Gasteiger partial charge in [0.15, 0.2) is 0 Å². The summed E-state index contributed by atoms with van der Waals surface area (Å²) in [6.45, 7) is 0. The van der Waals surface area contributed by atoms with Gasteiger partial charge in [0.05, 0.1) is 12.4 Å². The second-order valence-electron chi connectivity index (χ2n) is 2.16. The Morgan fingerprint density at radius 1 is 1.64 bits per heavy atom. The lowest BCUT2D eigenvalue weighted by Crippen LogP contribution is -2.31. The first-order valence-corrected chi connectivity index (χ1v) is 3.09. The van der Waals surface area contributed by atoms with E-state index in [4.69, 9.17) is 4.84 Å². The van der Waals surface area contributed by atoms with Crippen LogP contribution in [0, 0.1) is 0 Å². The van der Waals surface area contributed by atoms with Crippen LogP contribution < -0.4 is 4.84 Å². The number of hydrogen-bond donors (Lipinski definition) is 0. The van der Waals surface area contributed by atoms with Gasteiger partial charge in [-0.05, 0) is 6.07 Å². The van der Waals surface area contributed by atoms with Crippen LogP contribution in [0.5, 0.6) is 0 Å². The summed E-state index contributed by atoms with van der Waals surface area (Å²) in [5.41, 5.74) is 0. The second kappa shape index (κ2) is 3.05. The van der Waals surface area contributed by atoms with Crippen LogP contribution >= 0.6 is 0 Å². The van der Waals surface area contributed by atoms with Gasteiger partial charge in [0.2, 0.25) is 0 Å². The van der Waals surface area contributed by atoms with E-state index in [0.717, 1.165) is 4.85 Å². The highest BCUT2D eigenvalue weighted by molar-refractivity contribution is 5.66. The van der Waals surface area contributed by atoms with E-state index in [-0.39, 0.29) is 0 Å². The van der Waals surface area contributed by atoms with Crippen LogP contribution in [0.4, 0.5) is 4.79 Å². The van der Waals surface area contributed by atoms with E-state index in [1.54, 1.807) is 26.4 Å². The molecule has 0 saturated heterocycles. The molecule has 1 aromatic heterocycles. The molecule has 0 aliphatic heterocycles. The van der Waals surface area contributed by atoms with E-state index in [2.05, 4.69) is 5.10 Å². The Morgan fingerprint density at radius 3 is 2.82 bits per heavy atom. The summed E-state index contributed by atoms with van der Waals surface area (Å²) in [7, 11) is 3.21. The molecule has 1 rings (SSSR count). The minimum Gasteiger partial charge on any atom is -0.312 e. The van der Waals surface area contributed by atoms with Gasteiger partial charge in [-0.25, -0.2) is 4.79 Å². The Morgan fingerprint density at radius 2 is 2.36 bits per heavy atom. The quantitative estimate of drug-likeness (QED) is 0.573. The van der Waals surface area contributed by atoms with Crippen molar-refractivity contribution in [3.63, 3.8) is 0 Å². The fourth-order valence-electron chi connectivity index (χ4n) is 0.470. The van der Waals surface area contributed by atoms with Crippen molar-refractivity contribution in [3.8, 4) is 0 Å². The summed E-state index contributed by atoms with van der Waals surface area (Å²) in [6.07, 6.45) is 2.62. The van der Waals surface area contributed by atoms with Crippen molar-refractivity contribution < 1.29 is 9.63 Å². The molecule has 11 heavy (non-hydrogen) atoms. The van der Waals surface area contributed by atoms with Crippen molar-refractivity contribution in [2.24, 2.45) is 0 Å². The smallest absolute Gasteiger partial charge is 0.312 e. The van der Waals surface area contributed by atoms with Gasteiger partial charge < -0.3 is 4.90 Å². The molecule has 0 N–H and O–H groups in total. The molecule has 0 aliphatic carbocycles. The van der Waals surface area contributed by atoms with Gasteiger partial charge in [-0.15, -0.1) is 5.10 Å².